The SMILES string of the molecule is Cc1ccc(CO)cc1.[3H][B]SOCc1ccc(-c2ccc(C[C@H](C)[C@H](Cc3ccccc3)C(=O)O)cc2)cc1.[3H][B]SOCc1ccc(-c2ccc(C[C@H](C)[C@H](Cc3ccccc3)C(=O)OP([B])C)cc2)cc1. The third kappa shape index (κ3) is 19.9. The minimum atomic E-state index is -1.24. The summed E-state index contributed by atoms with van der Waals surface area (Å²) in [6, 6.07) is 61.0. The molecule has 0 heterocycles. The molecule has 2 N–H and O–H groups in total. The van der Waals surface area contributed by atoms with Gasteiger partial charge in [-0.25, -0.2) is 0 Å². The van der Waals surface area contributed by atoms with Crippen LogP contribution in [0, 0.1) is 30.6 Å². The average Bonchev–Trinajstić information content (AvgIpc) is 3.41. The zero-order valence-corrected chi connectivity index (χ0v) is 44.0. The third-order valence-corrected chi connectivity index (χ3v) is 13.3. The zero-order chi connectivity index (χ0) is 53.1. The van der Waals surface area contributed by atoms with Gasteiger partial charge in [-0.3, -0.25) is 9.59 Å². The van der Waals surface area contributed by atoms with E-state index in [0.717, 1.165) is 99.4 Å². The van der Waals surface area contributed by atoms with Crippen molar-refractivity contribution in [3.63, 3.8) is 0 Å². The number of aliphatic carboxylic acids is 1. The van der Waals surface area contributed by atoms with Gasteiger partial charge in [-0.1, -0.05) is 225 Å². The van der Waals surface area contributed by atoms with Crippen molar-refractivity contribution in [2.24, 2.45) is 23.7 Å². The number of carboxylic acid groups (broad SMARTS) is 1. The van der Waals surface area contributed by atoms with E-state index >= 15 is 0 Å². The van der Waals surface area contributed by atoms with Crippen molar-refractivity contribution in [2.45, 2.75) is 66.3 Å². The lowest BCUT2D eigenvalue weighted by atomic mass is 9.84. The van der Waals surface area contributed by atoms with Gasteiger partial charge in [-0.2, -0.15) is 0 Å². The predicted octanol–water partition coefficient (Wildman–Crippen LogP) is 13.0. The molecule has 0 bridgehead atoms. The predicted molar refractivity (Wildman–Crippen MR) is 305 cm³/mol. The van der Waals surface area contributed by atoms with Gasteiger partial charge < -0.3 is 23.1 Å². The Morgan fingerprint density at radius 1 is 0.542 bits per heavy atom. The molecule has 0 saturated carbocycles. The molecule has 0 aliphatic rings. The van der Waals surface area contributed by atoms with Crippen LogP contribution in [-0.2, 0) is 68.0 Å². The number of benzene rings is 7. The van der Waals surface area contributed by atoms with Crippen LogP contribution in [0.15, 0.2) is 182 Å². The first-order valence-corrected chi connectivity index (χ1v) is 27.2. The van der Waals surface area contributed by atoms with Crippen molar-refractivity contribution in [3.8, 4) is 22.3 Å². The van der Waals surface area contributed by atoms with E-state index in [9.17, 15) is 14.7 Å². The number of carbonyl (C=O) groups excluding carboxylic acids is 1. The van der Waals surface area contributed by atoms with E-state index in [1.54, 1.807) is 6.66 Å². The molecule has 0 fully saturated rings. The second-order valence-corrected chi connectivity index (χ2v) is 20.0. The van der Waals surface area contributed by atoms with Crippen molar-refractivity contribution in [1.82, 2.24) is 0 Å². The van der Waals surface area contributed by atoms with Gasteiger partial charge in [0.2, 0.25) is 14.2 Å². The molecule has 1 unspecified atom stereocenters. The van der Waals surface area contributed by atoms with Crippen LogP contribution in [0.5, 0.6) is 0 Å². The first kappa shape index (κ1) is 54.5. The molecule has 7 rings (SSSR count). The molecular formula is C59H64B3O7PS2. The van der Waals surface area contributed by atoms with Crippen LogP contribution < -0.4 is 0 Å². The fourth-order valence-electron chi connectivity index (χ4n) is 8.17. The highest BCUT2D eigenvalue weighted by molar-refractivity contribution is 8.16. The minimum absolute atomic E-state index is 0.0293. The van der Waals surface area contributed by atoms with E-state index in [2.05, 4.69) is 79.7 Å². The maximum atomic E-state index is 12.8. The molecule has 13 heteroatoms. The molecule has 0 spiro atoms. The quantitative estimate of drug-likeness (QED) is 0.0265. The van der Waals surface area contributed by atoms with E-state index in [4.69, 9.17) is 28.2 Å². The molecular weight excluding hydrogens is 948 g/mol. The normalized spacial score (nSPS) is 13.2. The second-order valence-electron chi connectivity index (χ2n) is 17.9. The fraction of sp³-hybridized carbons (Fsp3) is 0.254. The lowest BCUT2D eigenvalue weighted by molar-refractivity contribution is -0.143. The zero-order valence-electron chi connectivity index (χ0n) is 43.5. The maximum Gasteiger partial charge on any atom is 0.311 e. The van der Waals surface area contributed by atoms with Crippen LogP contribution in [-0.4, -0.2) is 53.2 Å². The summed E-state index contributed by atoms with van der Waals surface area (Å²) < 4.78 is 29.9. The number of carboxylic acids is 1. The summed E-state index contributed by atoms with van der Waals surface area (Å²) in [5, 5.41) is 18.4. The minimum Gasteiger partial charge on any atom is -0.481 e. The van der Waals surface area contributed by atoms with Gasteiger partial charge in [-0.05, 0) is 115 Å². The highest BCUT2D eigenvalue weighted by Crippen LogP contribution is 2.32. The summed E-state index contributed by atoms with van der Waals surface area (Å²) in [6.45, 7) is 8.97. The van der Waals surface area contributed by atoms with Crippen LogP contribution in [0.2, 0.25) is 0 Å². The molecule has 7 aromatic rings. The van der Waals surface area contributed by atoms with Crippen molar-refractivity contribution in [1.29, 1.82) is 2.67 Å². The molecule has 0 amide bonds. The van der Waals surface area contributed by atoms with E-state index in [-0.39, 0.29) is 30.3 Å². The molecule has 0 aliphatic carbocycles. The lowest BCUT2D eigenvalue weighted by Crippen LogP contribution is -2.26. The van der Waals surface area contributed by atoms with Gasteiger partial charge in [-0.15, -0.1) is 0 Å². The third-order valence-electron chi connectivity index (χ3n) is 12.3. The Hall–Kier alpha value is -5.32. The number of aryl methyl sites for hydroxylation is 1. The smallest absolute Gasteiger partial charge is 0.311 e. The summed E-state index contributed by atoms with van der Waals surface area (Å²) in [5.41, 5.74) is 13.3. The molecule has 7 aromatic carbocycles. The van der Waals surface area contributed by atoms with E-state index in [1.165, 1.54) is 18.2 Å². The van der Waals surface area contributed by atoms with E-state index in [0.29, 0.717) is 26.1 Å². The summed E-state index contributed by atoms with van der Waals surface area (Å²) >= 11 is 2.04. The van der Waals surface area contributed by atoms with Gasteiger partial charge in [0.1, 0.15) is 0 Å². The molecule has 4 radical (unpaired) electrons. The van der Waals surface area contributed by atoms with Crippen LogP contribution in [0.4, 0.5) is 0 Å². The standard InChI is InChI=1S/C26H28B2O3PS.C25H26BO3S.C8H10O/c1-19(25(26(29)31-32(2)27)17-20-6-4-3-5-7-20)16-21-8-12-23(13-9-21)24-14-10-22(11-15-24)18-30-33-28;1-18(24(25(27)28)16-19-5-3-2-4-6-19)15-20-7-11-22(12-8-20)23-13-9-21(10-14-23)17-29-30-26;1-7-2-4-8(6-9)5-3-7/h3-15,19,25,28H,16-18H2,1-2H3;2-14,18,24,26H,15-17H2,1H3,(H,27,28);2-5,9H,6H2,1H3/t19-,25-,32?;18-,24-;/m00./s1/i28T;26T;. The number of aliphatic hydroxyl groups excluding tert-OH is 1. The molecule has 7 nitrogen and oxygen atoms in total. The first-order valence-electron chi connectivity index (χ1n) is 25.0. The topological polar surface area (TPSA) is 102 Å². The second kappa shape index (κ2) is 31.3. The Bertz CT molecular complexity index is 2680. The largest absolute Gasteiger partial charge is 0.481 e. The maximum absolute atomic E-state index is 12.8. The van der Waals surface area contributed by atoms with Crippen LogP contribution in [0.1, 0.15) is 58.4 Å². The highest BCUT2D eigenvalue weighted by atomic mass is 32.2. The Labute approximate surface area is 443 Å². The summed E-state index contributed by atoms with van der Waals surface area (Å²) in [5.74, 6) is -1.49. The van der Waals surface area contributed by atoms with Gasteiger partial charge in [0, 0.05) is 8.03 Å². The van der Waals surface area contributed by atoms with Crippen molar-refractivity contribution in [3.05, 3.63) is 226 Å². The fourth-order valence-corrected chi connectivity index (χ4v) is 9.00. The number of hydrogen-bond acceptors (Lipinski definition) is 8. The van der Waals surface area contributed by atoms with Gasteiger partial charge in [0.25, 0.3) is 0 Å². The van der Waals surface area contributed by atoms with Crippen LogP contribution >= 0.6 is 31.8 Å². The number of hydrogen-bond donors (Lipinski definition) is 2. The summed E-state index contributed by atoms with van der Waals surface area (Å²) in [4.78, 5) is 24.7. The van der Waals surface area contributed by atoms with Crippen molar-refractivity contribution >= 4 is 65.5 Å². The molecule has 72 heavy (non-hydrogen) atoms. The number of rotatable bonds is 24. The molecule has 5 atom stereocenters. The van der Waals surface area contributed by atoms with Crippen molar-refractivity contribution < 1.29 is 32.7 Å². The molecule has 0 saturated heterocycles. The van der Waals surface area contributed by atoms with Gasteiger partial charge >= 0.3 is 11.9 Å². The number of carbonyl (C=O) groups is 2. The highest BCUT2D eigenvalue weighted by Gasteiger charge is 2.28. The van der Waals surface area contributed by atoms with Crippen molar-refractivity contribution in [2.75, 3.05) is 6.66 Å². The average molecular weight is 1020 g/mol. The Morgan fingerprint density at radius 2 is 0.889 bits per heavy atom. The van der Waals surface area contributed by atoms with Crippen LogP contribution in [0.25, 0.3) is 22.3 Å². The molecule has 0 aliphatic heterocycles. The number of aliphatic hydroxyl groups is 1. The summed E-state index contributed by atoms with van der Waals surface area (Å²) in [6.07, 6.45) is 2.69. The van der Waals surface area contributed by atoms with Gasteiger partial charge in [0.05, 0.1) is 31.7 Å². The van der Waals surface area contributed by atoms with Crippen LogP contribution in [0.3, 0.4) is 0 Å². The molecule has 0 aromatic heterocycles. The Morgan fingerprint density at radius 3 is 1.25 bits per heavy atom. The summed E-state index contributed by atoms with van der Waals surface area (Å²) in [7, 11) is 6.89. The Kier molecular flexibility index (Phi) is 23.7. The Balaban J connectivity index is 0.000000235. The van der Waals surface area contributed by atoms with E-state index < -0.39 is 19.9 Å². The van der Waals surface area contributed by atoms with Gasteiger partial charge in [0.15, 0.2) is 7.57 Å². The first-order chi connectivity index (χ1) is 35.8. The lowest BCUT2D eigenvalue weighted by Gasteiger charge is -2.24. The van der Waals surface area contributed by atoms with E-state index in [1.807, 2.05) is 123 Å². The monoisotopic (exact) mass is 1020 g/mol. The molecule has 368 valence electrons.